The zero-order chi connectivity index (χ0) is 9.19. The summed E-state index contributed by atoms with van der Waals surface area (Å²) in [4.78, 5) is 22.0. The SMILES string of the molecule is CC(=O)C1(C=O)CC=C(C)CC1. The number of hydrogen-bond donors (Lipinski definition) is 0. The third kappa shape index (κ3) is 1.47. The van der Waals surface area contributed by atoms with Crippen LogP contribution >= 0.6 is 0 Å². The maximum Gasteiger partial charge on any atom is 0.143 e. The van der Waals surface area contributed by atoms with Crippen molar-refractivity contribution in [2.24, 2.45) is 5.41 Å². The van der Waals surface area contributed by atoms with Gasteiger partial charge in [0.25, 0.3) is 0 Å². The lowest BCUT2D eigenvalue weighted by Gasteiger charge is -2.27. The van der Waals surface area contributed by atoms with E-state index in [2.05, 4.69) is 0 Å². The molecule has 0 saturated heterocycles. The van der Waals surface area contributed by atoms with Crippen molar-refractivity contribution in [3.8, 4) is 0 Å². The number of rotatable bonds is 2. The Morgan fingerprint density at radius 3 is 2.67 bits per heavy atom. The number of ketones is 1. The van der Waals surface area contributed by atoms with Crippen molar-refractivity contribution in [2.75, 3.05) is 0 Å². The van der Waals surface area contributed by atoms with Gasteiger partial charge in [0.15, 0.2) is 0 Å². The van der Waals surface area contributed by atoms with Crippen molar-refractivity contribution in [1.82, 2.24) is 0 Å². The van der Waals surface area contributed by atoms with Crippen molar-refractivity contribution in [2.45, 2.75) is 33.1 Å². The Morgan fingerprint density at radius 2 is 2.33 bits per heavy atom. The number of aldehydes is 1. The van der Waals surface area contributed by atoms with Gasteiger partial charge in [0, 0.05) is 0 Å². The number of carbonyl (C=O) groups is 2. The lowest BCUT2D eigenvalue weighted by Crippen LogP contribution is -2.32. The van der Waals surface area contributed by atoms with Gasteiger partial charge in [0.2, 0.25) is 0 Å². The molecule has 0 fully saturated rings. The summed E-state index contributed by atoms with van der Waals surface area (Å²) in [5, 5.41) is 0. The molecule has 0 heterocycles. The van der Waals surface area contributed by atoms with Crippen LogP contribution in [0.4, 0.5) is 0 Å². The van der Waals surface area contributed by atoms with Gasteiger partial charge in [-0.05, 0) is 33.1 Å². The lowest BCUT2D eigenvalue weighted by atomic mass is 9.74. The van der Waals surface area contributed by atoms with Crippen LogP contribution in [0.3, 0.4) is 0 Å². The molecule has 0 saturated carbocycles. The molecule has 1 atom stereocenters. The van der Waals surface area contributed by atoms with Crippen LogP contribution in [0.15, 0.2) is 11.6 Å². The highest BCUT2D eigenvalue weighted by Gasteiger charge is 2.35. The molecule has 12 heavy (non-hydrogen) atoms. The van der Waals surface area contributed by atoms with Gasteiger partial charge in [-0.15, -0.1) is 0 Å². The first-order valence-corrected chi connectivity index (χ1v) is 4.24. The fraction of sp³-hybridized carbons (Fsp3) is 0.600. The van der Waals surface area contributed by atoms with Crippen molar-refractivity contribution in [1.29, 1.82) is 0 Å². The van der Waals surface area contributed by atoms with E-state index in [1.807, 2.05) is 13.0 Å². The summed E-state index contributed by atoms with van der Waals surface area (Å²) in [7, 11) is 0. The maximum absolute atomic E-state index is 11.2. The molecule has 0 amide bonds. The van der Waals surface area contributed by atoms with Gasteiger partial charge in [0.1, 0.15) is 12.1 Å². The van der Waals surface area contributed by atoms with Gasteiger partial charge in [0.05, 0.1) is 5.41 Å². The van der Waals surface area contributed by atoms with Crippen LogP contribution in [-0.4, -0.2) is 12.1 Å². The van der Waals surface area contributed by atoms with Crippen molar-refractivity contribution < 1.29 is 9.59 Å². The van der Waals surface area contributed by atoms with Crippen LogP contribution in [0, 0.1) is 5.41 Å². The van der Waals surface area contributed by atoms with E-state index < -0.39 is 5.41 Å². The molecule has 0 aromatic heterocycles. The summed E-state index contributed by atoms with van der Waals surface area (Å²) < 4.78 is 0. The van der Waals surface area contributed by atoms with E-state index in [1.54, 1.807) is 0 Å². The van der Waals surface area contributed by atoms with E-state index >= 15 is 0 Å². The molecule has 2 heteroatoms. The van der Waals surface area contributed by atoms with Crippen molar-refractivity contribution >= 4 is 12.1 Å². The quantitative estimate of drug-likeness (QED) is 0.356. The van der Waals surface area contributed by atoms with E-state index in [-0.39, 0.29) is 5.78 Å². The normalized spacial score (nSPS) is 29.3. The van der Waals surface area contributed by atoms with E-state index in [4.69, 9.17) is 0 Å². The van der Waals surface area contributed by atoms with Crippen LogP contribution in [-0.2, 0) is 9.59 Å². The van der Waals surface area contributed by atoms with Crippen LogP contribution in [0.5, 0.6) is 0 Å². The predicted molar refractivity (Wildman–Crippen MR) is 46.8 cm³/mol. The Hall–Kier alpha value is -0.920. The summed E-state index contributed by atoms with van der Waals surface area (Å²) >= 11 is 0. The third-order valence-corrected chi connectivity index (χ3v) is 2.71. The average Bonchev–Trinajstić information content (AvgIpc) is 2.06. The molecular formula is C10H14O2. The van der Waals surface area contributed by atoms with Gasteiger partial charge in [-0.1, -0.05) is 11.6 Å². The first-order chi connectivity index (χ1) is 5.60. The first kappa shape index (κ1) is 9.17. The number of Topliss-reactive ketones (excluding diaryl/α,β-unsaturated/α-hetero) is 1. The Balaban J connectivity index is 2.85. The highest BCUT2D eigenvalue weighted by Crippen LogP contribution is 2.34. The minimum absolute atomic E-state index is 0.00116. The van der Waals surface area contributed by atoms with E-state index in [1.165, 1.54) is 12.5 Å². The Kier molecular flexibility index (Phi) is 2.46. The summed E-state index contributed by atoms with van der Waals surface area (Å²) in [5.74, 6) is 0.00116. The average molecular weight is 166 g/mol. The summed E-state index contributed by atoms with van der Waals surface area (Å²) in [6.45, 7) is 3.54. The first-order valence-electron chi connectivity index (χ1n) is 4.24. The molecule has 0 N–H and O–H groups in total. The number of carbonyl (C=O) groups excluding carboxylic acids is 2. The minimum atomic E-state index is -0.695. The molecule has 66 valence electrons. The highest BCUT2D eigenvalue weighted by molar-refractivity contribution is 5.97. The molecule has 1 aliphatic carbocycles. The van der Waals surface area contributed by atoms with E-state index in [0.717, 1.165) is 12.7 Å². The molecule has 0 aliphatic heterocycles. The lowest BCUT2D eigenvalue weighted by molar-refractivity contribution is -0.133. The van der Waals surface area contributed by atoms with Crippen LogP contribution in [0.1, 0.15) is 33.1 Å². The van der Waals surface area contributed by atoms with Gasteiger partial charge in [-0.3, -0.25) is 4.79 Å². The molecule has 1 unspecified atom stereocenters. The third-order valence-electron chi connectivity index (χ3n) is 2.71. The van der Waals surface area contributed by atoms with Crippen molar-refractivity contribution in [3.63, 3.8) is 0 Å². The minimum Gasteiger partial charge on any atom is -0.302 e. The van der Waals surface area contributed by atoms with E-state index in [9.17, 15) is 9.59 Å². The second kappa shape index (κ2) is 3.21. The van der Waals surface area contributed by atoms with Crippen LogP contribution < -0.4 is 0 Å². The smallest absolute Gasteiger partial charge is 0.143 e. The van der Waals surface area contributed by atoms with Crippen LogP contribution in [0.25, 0.3) is 0 Å². The molecule has 1 rings (SSSR count). The molecule has 0 spiro atoms. The second-order valence-electron chi connectivity index (χ2n) is 3.58. The highest BCUT2D eigenvalue weighted by atomic mass is 16.1. The zero-order valence-corrected chi connectivity index (χ0v) is 7.59. The Bertz CT molecular complexity index is 240. The van der Waals surface area contributed by atoms with Crippen molar-refractivity contribution in [3.05, 3.63) is 11.6 Å². The summed E-state index contributed by atoms with van der Waals surface area (Å²) in [6, 6.07) is 0. The standard InChI is InChI=1S/C10H14O2/c1-8-3-5-10(7-11,6-4-8)9(2)12/h3,7H,4-6H2,1-2H3. The molecule has 2 nitrogen and oxygen atoms in total. The fourth-order valence-electron chi connectivity index (χ4n) is 1.49. The zero-order valence-electron chi connectivity index (χ0n) is 7.59. The molecule has 0 aromatic carbocycles. The molecule has 0 radical (unpaired) electrons. The van der Waals surface area contributed by atoms with Gasteiger partial charge >= 0.3 is 0 Å². The van der Waals surface area contributed by atoms with Crippen LogP contribution in [0.2, 0.25) is 0 Å². The molecule has 0 bridgehead atoms. The van der Waals surface area contributed by atoms with E-state index in [0.29, 0.717) is 12.8 Å². The maximum atomic E-state index is 11.2. The Labute approximate surface area is 72.7 Å². The molecule has 0 aromatic rings. The van der Waals surface area contributed by atoms with Gasteiger partial charge in [-0.2, -0.15) is 0 Å². The second-order valence-corrected chi connectivity index (χ2v) is 3.58. The fourth-order valence-corrected chi connectivity index (χ4v) is 1.49. The Morgan fingerprint density at radius 1 is 1.67 bits per heavy atom. The molecular weight excluding hydrogens is 152 g/mol. The van der Waals surface area contributed by atoms with Gasteiger partial charge < -0.3 is 4.79 Å². The predicted octanol–water partition coefficient (Wildman–Crippen LogP) is 1.89. The number of allylic oxidation sites excluding steroid dienone is 2. The summed E-state index contributed by atoms with van der Waals surface area (Å²) in [6.07, 6.45) is 4.97. The summed E-state index contributed by atoms with van der Waals surface area (Å²) in [5.41, 5.74) is 0.591. The van der Waals surface area contributed by atoms with Gasteiger partial charge in [-0.25, -0.2) is 0 Å². The monoisotopic (exact) mass is 166 g/mol. The number of hydrogen-bond acceptors (Lipinski definition) is 2. The largest absolute Gasteiger partial charge is 0.302 e. The topological polar surface area (TPSA) is 34.1 Å². The molecule has 1 aliphatic rings.